The van der Waals surface area contributed by atoms with E-state index in [2.05, 4.69) is 11.9 Å². The number of aromatic nitrogens is 1. The third-order valence-corrected chi connectivity index (χ3v) is 3.21. The molecule has 0 unspecified atom stereocenters. The van der Waals surface area contributed by atoms with Gasteiger partial charge in [0.25, 0.3) is 0 Å². The number of aromatic carboxylic acids is 1. The summed E-state index contributed by atoms with van der Waals surface area (Å²) in [6.45, 7) is 2.14. The van der Waals surface area contributed by atoms with Gasteiger partial charge < -0.3 is 5.11 Å². The molecule has 1 rings (SSSR count). The lowest BCUT2D eigenvalue weighted by molar-refractivity contribution is 0.0696. The minimum Gasteiger partial charge on any atom is -0.478 e. The summed E-state index contributed by atoms with van der Waals surface area (Å²) in [5, 5.41) is 9.76. The molecule has 5 heteroatoms. The third kappa shape index (κ3) is 4.41. The van der Waals surface area contributed by atoms with Crippen molar-refractivity contribution in [3.05, 3.63) is 22.8 Å². The molecule has 0 aromatic carbocycles. The number of halogens is 1. The topological polar surface area (TPSA) is 50.2 Å². The Balaban J connectivity index is 2.62. The van der Waals surface area contributed by atoms with Gasteiger partial charge in [-0.15, -0.1) is 11.8 Å². The minimum absolute atomic E-state index is 0.193. The zero-order valence-electron chi connectivity index (χ0n) is 9.07. The maximum absolute atomic E-state index is 10.8. The first kappa shape index (κ1) is 13.3. The van der Waals surface area contributed by atoms with E-state index in [9.17, 15) is 4.79 Å². The summed E-state index contributed by atoms with van der Waals surface area (Å²) in [6.07, 6.45) is 3.46. The highest BCUT2D eigenvalue weighted by atomic mass is 35.5. The van der Waals surface area contributed by atoms with Crippen LogP contribution in [0.25, 0.3) is 0 Å². The number of hydrogen-bond acceptors (Lipinski definition) is 3. The first-order chi connectivity index (χ1) is 7.63. The number of unbranched alkanes of at least 4 members (excludes halogenated alkanes) is 2. The highest BCUT2D eigenvalue weighted by Crippen LogP contribution is 2.21. The molecule has 0 saturated heterocycles. The predicted molar refractivity (Wildman–Crippen MR) is 66.5 cm³/mol. The summed E-state index contributed by atoms with van der Waals surface area (Å²) in [5.74, 6) is -0.0278. The molecule has 88 valence electrons. The van der Waals surface area contributed by atoms with Crippen LogP contribution in [0.15, 0.2) is 17.2 Å². The maximum atomic E-state index is 10.8. The quantitative estimate of drug-likeness (QED) is 0.481. The Labute approximate surface area is 104 Å². The van der Waals surface area contributed by atoms with E-state index in [1.165, 1.54) is 18.9 Å². The van der Waals surface area contributed by atoms with Gasteiger partial charge in [0.2, 0.25) is 0 Å². The van der Waals surface area contributed by atoms with Crippen molar-refractivity contribution in [1.29, 1.82) is 0 Å². The molecule has 1 N–H and O–H groups in total. The summed E-state index contributed by atoms with van der Waals surface area (Å²) in [4.78, 5) is 14.9. The van der Waals surface area contributed by atoms with Crippen LogP contribution in [0, 0.1) is 0 Å². The van der Waals surface area contributed by atoms with Gasteiger partial charge in [-0.25, -0.2) is 9.78 Å². The van der Waals surface area contributed by atoms with E-state index in [1.807, 2.05) is 0 Å². The van der Waals surface area contributed by atoms with Crippen molar-refractivity contribution in [1.82, 2.24) is 4.98 Å². The molecule has 3 nitrogen and oxygen atoms in total. The Morgan fingerprint density at radius 1 is 1.50 bits per heavy atom. The fourth-order valence-electron chi connectivity index (χ4n) is 1.20. The molecular formula is C11H14ClNO2S. The van der Waals surface area contributed by atoms with Crippen LogP contribution in [0.4, 0.5) is 0 Å². The summed E-state index contributed by atoms with van der Waals surface area (Å²) in [5.41, 5.74) is 0.193. The van der Waals surface area contributed by atoms with Crippen molar-refractivity contribution in [2.75, 3.05) is 5.75 Å². The number of thioether (sulfide) groups is 1. The Morgan fingerprint density at radius 2 is 2.25 bits per heavy atom. The Kier molecular flexibility index (Phi) is 5.63. The van der Waals surface area contributed by atoms with Gasteiger partial charge in [-0.05, 0) is 24.3 Å². The molecule has 0 amide bonds. The van der Waals surface area contributed by atoms with Crippen LogP contribution >= 0.6 is 23.4 Å². The van der Waals surface area contributed by atoms with Crippen molar-refractivity contribution in [2.24, 2.45) is 0 Å². The molecule has 0 saturated carbocycles. The van der Waals surface area contributed by atoms with Gasteiger partial charge in [-0.1, -0.05) is 31.4 Å². The average Bonchev–Trinajstić information content (AvgIpc) is 2.23. The van der Waals surface area contributed by atoms with Gasteiger partial charge in [0.05, 0.1) is 10.6 Å². The molecule has 0 fully saturated rings. The fourth-order valence-corrected chi connectivity index (χ4v) is 2.39. The Morgan fingerprint density at radius 3 is 2.88 bits per heavy atom. The van der Waals surface area contributed by atoms with Crippen molar-refractivity contribution >= 4 is 29.3 Å². The summed E-state index contributed by atoms with van der Waals surface area (Å²) in [7, 11) is 0. The number of carboxylic acids is 1. The minimum atomic E-state index is -0.972. The lowest BCUT2D eigenvalue weighted by Crippen LogP contribution is -1.98. The second kappa shape index (κ2) is 6.76. The SMILES string of the molecule is CCCCCSc1cc(C(=O)O)cc(Cl)n1. The molecule has 16 heavy (non-hydrogen) atoms. The van der Waals surface area contributed by atoms with Crippen molar-refractivity contribution in [3.8, 4) is 0 Å². The lowest BCUT2D eigenvalue weighted by atomic mass is 10.3. The number of nitrogens with zero attached hydrogens (tertiary/aromatic N) is 1. The molecular weight excluding hydrogens is 246 g/mol. The highest BCUT2D eigenvalue weighted by molar-refractivity contribution is 7.99. The highest BCUT2D eigenvalue weighted by Gasteiger charge is 2.07. The van der Waals surface area contributed by atoms with Crippen LogP contribution in [0.3, 0.4) is 0 Å². The fraction of sp³-hybridized carbons (Fsp3) is 0.455. The summed E-state index contributed by atoms with van der Waals surface area (Å²) >= 11 is 7.29. The van der Waals surface area contributed by atoms with Gasteiger partial charge in [-0.3, -0.25) is 0 Å². The predicted octanol–water partition coefficient (Wildman–Crippen LogP) is 3.72. The van der Waals surface area contributed by atoms with E-state index >= 15 is 0 Å². The van der Waals surface area contributed by atoms with E-state index < -0.39 is 5.97 Å². The molecule has 1 aromatic rings. The lowest BCUT2D eigenvalue weighted by Gasteiger charge is -2.02. The zero-order chi connectivity index (χ0) is 12.0. The molecule has 0 radical (unpaired) electrons. The standard InChI is InChI=1S/C11H14ClNO2S/c1-2-3-4-5-16-10-7-8(11(14)15)6-9(12)13-10/h6-7H,2-5H2,1H3,(H,14,15). The van der Waals surface area contributed by atoms with E-state index in [0.717, 1.165) is 12.2 Å². The van der Waals surface area contributed by atoms with Crippen LogP contribution in [-0.2, 0) is 0 Å². The smallest absolute Gasteiger partial charge is 0.335 e. The van der Waals surface area contributed by atoms with Crippen molar-refractivity contribution in [3.63, 3.8) is 0 Å². The Bertz CT molecular complexity index is 371. The molecule has 1 heterocycles. The molecule has 0 aliphatic carbocycles. The Hall–Kier alpha value is -0.740. The van der Waals surface area contributed by atoms with Crippen LogP contribution in [0.2, 0.25) is 5.15 Å². The van der Waals surface area contributed by atoms with E-state index in [1.54, 1.807) is 17.8 Å². The van der Waals surface area contributed by atoms with Gasteiger partial charge in [0, 0.05) is 0 Å². The summed E-state index contributed by atoms with van der Waals surface area (Å²) in [6, 6.07) is 2.92. The van der Waals surface area contributed by atoms with Crippen LogP contribution in [0.1, 0.15) is 36.5 Å². The third-order valence-electron chi connectivity index (χ3n) is 2.02. The number of carbonyl (C=O) groups is 1. The van der Waals surface area contributed by atoms with Gasteiger partial charge in [-0.2, -0.15) is 0 Å². The van der Waals surface area contributed by atoms with E-state index in [-0.39, 0.29) is 10.7 Å². The average molecular weight is 260 g/mol. The number of pyridine rings is 1. The number of rotatable bonds is 6. The van der Waals surface area contributed by atoms with Crippen LogP contribution in [-0.4, -0.2) is 21.8 Å². The van der Waals surface area contributed by atoms with Crippen molar-refractivity contribution < 1.29 is 9.90 Å². The monoisotopic (exact) mass is 259 g/mol. The van der Waals surface area contributed by atoms with Crippen LogP contribution in [0.5, 0.6) is 0 Å². The first-order valence-electron chi connectivity index (χ1n) is 5.17. The van der Waals surface area contributed by atoms with Gasteiger partial charge >= 0.3 is 5.97 Å². The second-order valence-corrected chi connectivity index (χ2v) is 4.88. The summed E-state index contributed by atoms with van der Waals surface area (Å²) < 4.78 is 0. The first-order valence-corrected chi connectivity index (χ1v) is 6.53. The van der Waals surface area contributed by atoms with Crippen LogP contribution < -0.4 is 0 Å². The molecule has 1 aromatic heterocycles. The zero-order valence-corrected chi connectivity index (χ0v) is 10.6. The number of hydrogen-bond donors (Lipinski definition) is 1. The second-order valence-electron chi connectivity index (χ2n) is 3.38. The largest absolute Gasteiger partial charge is 0.478 e. The molecule has 0 bridgehead atoms. The molecule has 0 spiro atoms. The maximum Gasteiger partial charge on any atom is 0.335 e. The molecule has 0 aliphatic rings. The normalized spacial score (nSPS) is 10.4. The number of carboxylic acid groups (broad SMARTS) is 1. The molecule has 0 atom stereocenters. The van der Waals surface area contributed by atoms with Gasteiger partial charge in [0.15, 0.2) is 0 Å². The molecule has 0 aliphatic heterocycles. The van der Waals surface area contributed by atoms with Gasteiger partial charge in [0.1, 0.15) is 5.15 Å². The van der Waals surface area contributed by atoms with E-state index in [4.69, 9.17) is 16.7 Å². The van der Waals surface area contributed by atoms with Crippen molar-refractivity contribution in [2.45, 2.75) is 31.2 Å². The van der Waals surface area contributed by atoms with E-state index in [0.29, 0.717) is 5.03 Å².